The Kier molecular flexibility index (Phi) is 5.60. The number of hydrogen-bond donors (Lipinski definition) is 0. The summed E-state index contributed by atoms with van der Waals surface area (Å²) in [4.78, 5) is 25.0. The average Bonchev–Trinajstić information content (AvgIpc) is 3.12. The molecule has 9 heteroatoms. The highest BCUT2D eigenvalue weighted by atomic mass is 35.5. The van der Waals surface area contributed by atoms with E-state index in [0.29, 0.717) is 40.4 Å². The molecule has 4 rings (SSSR count). The number of alkyl halides is 2. The van der Waals surface area contributed by atoms with Gasteiger partial charge in [-0.2, -0.15) is 10.1 Å². The maximum absolute atomic E-state index is 13.4. The van der Waals surface area contributed by atoms with Gasteiger partial charge in [-0.15, -0.1) is 0 Å². The first-order valence-electron chi connectivity index (χ1n) is 9.70. The standard InChI is InChI=1S/C21H20ClF2N5O/c1-11-3-4-13(18(30)15-7-8-25-19(22)12(15)2)5-6-14(11)17-9-16(20(23)24)28-21-26-10-27-29(17)21/h5,7-11,14,20H,3-4,6H2,1-2H3/t11?,14-/m1/s1. The number of nitrogens with zero attached hydrogens (tertiary/aromatic N) is 5. The van der Waals surface area contributed by atoms with E-state index in [-0.39, 0.29) is 29.1 Å². The van der Waals surface area contributed by atoms with Crippen molar-refractivity contribution >= 4 is 23.2 Å². The monoisotopic (exact) mass is 431 g/mol. The summed E-state index contributed by atoms with van der Waals surface area (Å²) in [6.07, 6.45) is 3.92. The Hall–Kier alpha value is -2.74. The average molecular weight is 432 g/mol. The molecule has 30 heavy (non-hydrogen) atoms. The lowest BCUT2D eigenvalue weighted by Gasteiger charge is -2.22. The number of allylic oxidation sites excluding steroid dienone is 2. The molecule has 1 aliphatic carbocycles. The van der Waals surface area contributed by atoms with E-state index in [0.717, 1.165) is 6.42 Å². The quantitative estimate of drug-likeness (QED) is 0.423. The van der Waals surface area contributed by atoms with E-state index in [1.165, 1.54) is 23.1 Å². The summed E-state index contributed by atoms with van der Waals surface area (Å²) in [6, 6.07) is 3.08. The van der Waals surface area contributed by atoms with Gasteiger partial charge < -0.3 is 0 Å². The van der Waals surface area contributed by atoms with Crippen LogP contribution in [0.5, 0.6) is 0 Å². The van der Waals surface area contributed by atoms with Gasteiger partial charge >= 0.3 is 0 Å². The Labute approximate surface area is 177 Å². The maximum atomic E-state index is 13.4. The van der Waals surface area contributed by atoms with Gasteiger partial charge in [0.2, 0.25) is 0 Å². The van der Waals surface area contributed by atoms with Gasteiger partial charge in [0.05, 0.1) is 5.69 Å². The van der Waals surface area contributed by atoms with Crippen molar-refractivity contribution in [3.8, 4) is 0 Å². The summed E-state index contributed by atoms with van der Waals surface area (Å²) >= 11 is 6.07. The molecule has 2 atom stereocenters. The van der Waals surface area contributed by atoms with Crippen LogP contribution in [-0.4, -0.2) is 30.3 Å². The molecule has 0 amide bonds. The number of pyridine rings is 1. The second-order valence-corrected chi connectivity index (χ2v) is 7.93. The van der Waals surface area contributed by atoms with Crippen LogP contribution in [-0.2, 0) is 0 Å². The Morgan fingerprint density at radius 1 is 1.33 bits per heavy atom. The molecular weight excluding hydrogens is 412 g/mol. The highest BCUT2D eigenvalue weighted by Gasteiger charge is 2.28. The number of carbonyl (C=O) groups is 1. The van der Waals surface area contributed by atoms with E-state index in [1.807, 2.05) is 6.08 Å². The third-order valence-corrected chi connectivity index (χ3v) is 6.14. The summed E-state index contributed by atoms with van der Waals surface area (Å²) in [5.41, 5.74) is 2.21. The summed E-state index contributed by atoms with van der Waals surface area (Å²) in [6.45, 7) is 3.83. The van der Waals surface area contributed by atoms with Gasteiger partial charge in [0.25, 0.3) is 12.2 Å². The van der Waals surface area contributed by atoms with E-state index in [9.17, 15) is 13.6 Å². The lowest BCUT2D eigenvalue weighted by atomic mass is 9.86. The van der Waals surface area contributed by atoms with Gasteiger partial charge in [0.1, 0.15) is 17.2 Å². The Bertz CT molecular complexity index is 1140. The molecule has 3 heterocycles. The van der Waals surface area contributed by atoms with Crippen LogP contribution in [0.15, 0.2) is 36.3 Å². The zero-order valence-electron chi connectivity index (χ0n) is 16.5. The number of rotatable bonds is 4. The molecule has 3 aromatic heterocycles. The van der Waals surface area contributed by atoms with Crippen LogP contribution in [0, 0.1) is 12.8 Å². The molecular formula is C21H20ClF2N5O. The van der Waals surface area contributed by atoms with E-state index < -0.39 is 6.43 Å². The van der Waals surface area contributed by atoms with Gasteiger partial charge in [0.15, 0.2) is 5.78 Å². The van der Waals surface area contributed by atoms with Gasteiger partial charge in [-0.05, 0) is 55.4 Å². The van der Waals surface area contributed by atoms with Gasteiger partial charge in [-0.1, -0.05) is 24.6 Å². The molecule has 6 nitrogen and oxygen atoms in total. The minimum absolute atomic E-state index is 0.0708. The van der Waals surface area contributed by atoms with Crippen LogP contribution < -0.4 is 0 Å². The molecule has 0 aliphatic heterocycles. The van der Waals surface area contributed by atoms with Gasteiger partial charge in [-0.25, -0.2) is 23.3 Å². The van der Waals surface area contributed by atoms with E-state index >= 15 is 0 Å². The van der Waals surface area contributed by atoms with Crippen LogP contribution in [0.25, 0.3) is 5.78 Å². The highest BCUT2D eigenvalue weighted by Crippen LogP contribution is 2.37. The number of hydrogen-bond acceptors (Lipinski definition) is 5. The first kappa shape index (κ1) is 20.5. The van der Waals surface area contributed by atoms with Crippen LogP contribution in [0.4, 0.5) is 8.78 Å². The van der Waals surface area contributed by atoms with Crippen molar-refractivity contribution in [3.05, 3.63) is 64.0 Å². The number of halogens is 3. The zero-order valence-corrected chi connectivity index (χ0v) is 17.3. The molecule has 0 spiro atoms. The Morgan fingerprint density at radius 2 is 2.13 bits per heavy atom. The van der Waals surface area contributed by atoms with Crippen molar-refractivity contribution in [1.82, 2.24) is 24.6 Å². The third kappa shape index (κ3) is 3.71. The molecule has 0 saturated heterocycles. The van der Waals surface area contributed by atoms with Crippen molar-refractivity contribution in [2.75, 3.05) is 0 Å². The molecule has 0 fully saturated rings. The second kappa shape index (κ2) is 8.18. The molecule has 0 bridgehead atoms. The minimum Gasteiger partial charge on any atom is -0.289 e. The number of carbonyl (C=O) groups excluding carboxylic acids is 1. The molecule has 0 saturated carbocycles. The van der Waals surface area contributed by atoms with E-state index in [2.05, 4.69) is 27.0 Å². The Balaban J connectivity index is 1.70. The summed E-state index contributed by atoms with van der Waals surface area (Å²) in [5.74, 6) is 0.135. The predicted molar refractivity (Wildman–Crippen MR) is 108 cm³/mol. The first-order chi connectivity index (χ1) is 14.4. The van der Waals surface area contributed by atoms with Crippen molar-refractivity contribution in [1.29, 1.82) is 0 Å². The lowest BCUT2D eigenvalue weighted by Crippen LogP contribution is -2.15. The summed E-state index contributed by atoms with van der Waals surface area (Å²) in [5, 5.41) is 4.48. The van der Waals surface area contributed by atoms with Crippen LogP contribution in [0.3, 0.4) is 0 Å². The van der Waals surface area contributed by atoms with Crippen LogP contribution in [0.1, 0.15) is 65.8 Å². The largest absolute Gasteiger partial charge is 0.289 e. The van der Waals surface area contributed by atoms with Crippen molar-refractivity contribution in [2.24, 2.45) is 5.92 Å². The summed E-state index contributed by atoms with van der Waals surface area (Å²) < 4.78 is 28.2. The molecule has 3 aromatic rings. The first-order valence-corrected chi connectivity index (χ1v) is 10.1. The van der Waals surface area contributed by atoms with Crippen LogP contribution >= 0.6 is 11.6 Å². The smallest absolute Gasteiger partial charge is 0.280 e. The molecule has 1 aliphatic rings. The van der Waals surface area contributed by atoms with Crippen molar-refractivity contribution in [3.63, 3.8) is 0 Å². The van der Waals surface area contributed by atoms with Crippen LogP contribution in [0.2, 0.25) is 5.15 Å². The molecule has 0 aromatic carbocycles. The lowest BCUT2D eigenvalue weighted by molar-refractivity contribution is 0.102. The molecule has 0 radical (unpaired) electrons. The van der Waals surface area contributed by atoms with Gasteiger partial charge in [-0.3, -0.25) is 4.79 Å². The predicted octanol–water partition coefficient (Wildman–Crippen LogP) is 5.13. The highest BCUT2D eigenvalue weighted by molar-refractivity contribution is 6.30. The van der Waals surface area contributed by atoms with Gasteiger partial charge in [0, 0.05) is 17.7 Å². The van der Waals surface area contributed by atoms with E-state index in [1.54, 1.807) is 13.0 Å². The fourth-order valence-corrected chi connectivity index (χ4v) is 4.12. The number of aromatic nitrogens is 5. The Morgan fingerprint density at radius 3 is 2.90 bits per heavy atom. The maximum Gasteiger partial charge on any atom is 0.280 e. The fraction of sp³-hybridized carbons (Fsp3) is 0.381. The number of ketones is 1. The number of fused-ring (bicyclic) bond motifs is 1. The normalized spacial score (nSPS) is 19.7. The fourth-order valence-electron chi connectivity index (χ4n) is 3.97. The van der Waals surface area contributed by atoms with E-state index in [4.69, 9.17) is 11.6 Å². The molecule has 156 valence electrons. The third-order valence-electron chi connectivity index (χ3n) is 5.76. The SMILES string of the molecule is Cc1c(C(=O)C2=CC[C@@H](c3cc(C(F)F)nc4ncnn34)C(C)CC2)ccnc1Cl. The molecule has 1 unspecified atom stereocenters. The number of Topliss-reactive ketones (excluding diaryl/α,β-unsaturated/α-hetero) is 1. The van der Waals surface area contributed by atoms with Crippen molar-refractivity contribution in [2.45, 2.75) is 45.5 Å². The second-order valence-electron chi connectivity index (χ2n) is 7.57. The summed E-state index contributed by atoms with van der Waals surface area (Å²) in [7, 11) is 0. The topological polar surface area (TPSA) is 73.0 Å². The van der Waals surface area contributed by atoms with Crippen molar-refractivity contribution < 1.29 is 13.6 Å². The zero-order chi connectivity index (χ0) is 21.4. The minimum atomic E-state index is -2.70. The molecule has 0 N–H and O–H groups in total.